The minimum Gasteiger partial charge on any atom is -0.145 e. The first-order valence-electron chi connectivity index (χ1n) is 14.0. The van der Waals surface area contributed by atoms with Crippen molar-refractivity contribution in [2.45, 2.75) is 32.1 Å². The minimum atomic E-state index is -0.134. The van der Waals surface area contributed by atoms with E-state index in [1.54, 1.807) is 0 Å². The zero-order chi connectivity index (χ0) is 25.8. The predicted molar refractivity (Wildman–Crippen MR) is 167 cm³/mol. The van der Waals surface area contributed by atoms with E-state index < -0.39 is 0 Å². The van der Waals surface area contributed by atoms with Crippen LogP contribution in [0.5, 0.6) is 0 Å². The maximum atomic E-state index is 2.63. The van der Waals surface area contributed by atoms with E-state index in [0.717, 1.165) is 6.42 Å². The zero-order valence-corrected chi connectivity index (χ0v) is 23.3. The summed E-state index contributed by atoms with van der Waals surface area (Å²) in [6.45, 7) is 0. The molecule has 1 fully saturated rings. The van der Waals surface area contributed by atoms with Gasteiger partial charge < -0.3 is 0 Å². The first kappa shape index (κ1) is 23.7. The average Bonchev–Trinajstić information content (AvgIpc) is 3.01. The van der Waals surface area contributed by atoms with Gasteiger partial charge in [0.05, 0.1) is 0 Å². The summed E-state index contributed by atoms with van der Waals surface area (Å²) in [6.07, 6.45) is 25.1. The van der Waals surface area contributed by atoms with Crippen LogP contribution in [0.3, 0.4) is 0 Å². The zero-order valence-electron chi connectivity index (χ0n) is 21.7. The van der Waals surface area contributed by atoms with Crippen LogP contribution in [0, 0.1) is 17.8 Å². The molecule has 2 aliphatic heterocycles. The SMILES string of the molecule is C1=CCC(C2=CC3SC4C(c5ccccc5)=CC=CC4C4(c5ccccc5Sc5ccccc54)C3C=C2)C=C1. The van der Waals surface area contributed by atoms with E-state index in [2.05, 4.69) is 151 Å². The van der Waals surface area contributed by atoms with E-state index >= 15 is 0 Å². The highest BCUT2D eigenvalue weighted by Gasteiger charge is 2.59. The molecule has 3 aliphatic carbocycles. The van der Waals surface area contributed by atoms with Crippen molar-refractivity contribution in [3.63, 3.8) is 0 Å². The molecule has 0 nitrogen and oxygen atoms in total. The number of fused-ring (bicyclic) bond motifs is 8. The van der Waals surface area contributed by atoms with Gasteiger partial charge in [0.1, 0.15) is 0 Å². The quantitative estimate of drug-likeness (QED) is 0.319. The van der Waals surface area contributed by atoms with Gasteiger partial charge in [0, 0.05) is 43.5 Å². The molecule has 3 aromatic carbocycles. The third-order valence-electron chi connectivity index (χ3n) is 9.19. The Hall–Kier alpha value is -3.20. The first-order chi connectivity index (χ1) is 19.3. The van der Waals surface area contributed by atoms with Crippen molar-refractivity contribution >= 4 is 29.1 Å². The fraction of sp³-hybridized carbons (Fsp3) is 0.189. The molecular formula is C37H30S2. The summed E-state index contributed by atoms with van der Waals surface area (Å²) in [4.78, 5) is 2.82. The van der Waals surface area contributed by atoms with Gasteiger partial charge in [-0.05, 0) is 46.4 Å². The van der Waals surface area contributed by atoms with Gasteiger partial charge in [0.25, 0.3) is 0 Å². The van der Waals surface area contributed by atoms with Crippen molar-refractivity contribution < 1.29 is 0 Å². The molecule has 5 unspecified atom stereocenters. The molecule has 0 radical (unpaired) electrons. The Labute approximate surface area is 240 Å². The second-order valence-corrected chi connectivity index (χ2v) is 13.5. The highest BCUT2D eigenvalue weighted by atomic mass is 32.2. The lowest BCUT2D eigenvalue weighted by atomic mass is 9.54. The summed E-state index contributed by atoms with van der Waals surface area (Å²) >= 11 is 4.14. The first-order valence-corrected chi connectivity index (χ1v) is 15.8. The summed E-state index contributed by atoms with van der Waals surface area (Å²) < 4.78 is 0. The summed E-state index contributed by atoms with van der Waals surface area (Å²) in [7, 11) is 0. The molecule has 0 amide bonds. The van der Waals surface area contributed by atoms with E-state index in [1.165, 1.54) is 37.6 Å². The van der Waals surface area contributed by atoms with E-state index in [-0.39, 0.29) is 5.41 Å². The number of allylic oxidation sites excluding steroid dienone is 10. The van der Waals surface area contributed by atoms with Crippen molar-refractivity contribution in [2.75, 3.05) is 0 Å². The third-order valence-corrected chi connectivity index (χ3v) is 11.9. The molecule has 1 spiro atoms. The molecule has 1 saturated heterocycles. The molecule has 39 heavy (non-hydrogen) atoms. The lowest BCUT2D eigenvalue weighted by Gasteiger charge is -2.58. The van der Waals surface area contributed by atoms with Crippen LogP contribution in [0.2, 0.25) is 0 Å². The molecule has 0 aromatic heterocycles. The lowest BCUT2D eigenvalue weighted by molar-refractivity contribution is 0.275. The van der Waals surface area contributed by atoms with Gasteiger partial charge in [-0.15, -0.1) is 11.8 Å². The Morgan fingerprint density at radius 3 is 2.18 bits per heavy atom. The fourth-order valence-electron chi connectivity index (χ4n) is 7.56. The second kappa shape index (κ2) is 9.47. The number of thioether (sulfide) groups is 1. The highest BCUT2D eigenvalue weighted by Crippen LogP contribution is 2.65. The van der Waals surface area contributed by atoms with Crippen molar-refractivity contribution in [1.29, 1.82) is 0 Å². The van der Waals surface area contributed by atoms with Crippen molar-refractivity contribution in [1.82, 2.24) is 0 Å². The van der Waals surface area contributed by atoms with E-state index in [9.17, 15) is 0 Å². The molecule has 2 heterocycles. The molecule has 0 bridgehead atoms. The van der Waals surface area contributed by atoms with Crippen molar-refractivity contribution in [2.24, 2.45) is 17.8 Å². The molecule has 0 saturated carbocycles. The third kappa shape index (κ3) is 3.61. The molecule has 3 aromatic rings. The largest absolute Gasteiger partial charge is 0.145 e. The maximum Gasteiger partial charge on any atom is 0.0384 e. The smallest absolute Gasteiger partial charge is 0.0384 e. The van der Waals surface area contributed by atoms with Crippen LogP contribution in [-0.4, -0.2) is 10.5 Å². The van der Waals surface area contributed by atoms with Crippen molar-refractivity contribution in [3.05, 3.63) is 162 Å². The van der Waals surface area contributed by atoms with Gasteiger partial charge in [-0.2, -0.15) is 0 Å². The maximum absolute atomic E-state index is 2.63. The van der Waals surface area contributed by atoms with Gasteiger partial charge in [-0.3, -0.25) is 0 Å². The van der Waals surface area contributed by atoms with Crippen LogP contribution in [0.1, 0.15) is 23.1 Å². The normalized spacial score (nSPS) is 29.1. The molecule has 5 atom stereocenters. The number of hydrogen-bond acceptors (Lipinski definition) is 2. The van der Waals surface area contributed by atoms with Crippen LogP contribution in [0.4, 0.5) is 0 Å². The van der Waals surface area contributed by atoms with E-state index in [4.69, 9.17) is 0 Å². The fourth-order valence-corrected chi connectivity index (χ4v) is 10.7. The van der Waals surface area contributed by atoms with Gasteiger partial charge in [0.2, 0.25) is 0 Å². The molecule has 5 aliphatic rings. The molecule has 8 rings (SSSR count). The number of rotatable bonds is 2. The summed E-state index contributed by atoms with van der Waals surface area (Å²) in [5, 5.41) is 0.766. The number of hydrogen-bond donors (Lipinski definition) is 0. The molecule has 2 heteroatoms. The monoisotopic (exact) mass is 538 g/mol. The van der Waals surface area contributed by atoms with Crippen LogP contribution < -0.4 is 0 Å². The average molecular weight is 539 g/mol. The van der Waals surface area contributed by atoms with Crippen LogP contribution in [0.15, 0.2) is 155 Å². The van der Waals surface area contributed by atoms with Gasteiger partial charge in [0.15, 0.2) is 0 Å². The van der Waals surface area contributed by atoms with Crippen LogP contribution in [0.25, 0.3) is 5.57 Å². The topological polar surface area (TPSA) is 0 Å². The van der Waals surface area contributed by atoms with Gasteiger partial charge in [-0.25, -0.2) is 0 Å². The van der Waals surface area contributed by atoms with Crippen LogP contribution >= 0.6 is 23.5 Å². The predicted octanol–water partition coefficient (Wildman–Crippen LogP) is 9.44. The molecular weight excluding hydrogens is 509 g/mol. The molecule has 190 valence electrons. The Kier molecular flexibility index (Phi) is 5.75. The number of benzene rings is 3. The Morgan fingerprint density at radius 1 is 0.692 bits per heavy atom. The Balaban J connectivity index is 1.36. The second-order valence-electron chi connectivity index (χ2n) is 11.1. The van der Waals surface area contributed by atoms with E-state index in [0.29, 0.717) is 28.3 Å². The highest BCUT2D eigenvalue weighted by molar-refractivity contribution is 8.01. The lowest BCUT2D eigenvalue weighted by Crippen LogP contribution is -2.55. The van der Waals surface area contributed by atoms with Gasteiger partial charge >= 0.3 is 0 Å². The van der Waals surface area contributed by atoms with Crippen molar-refractivity contribution in [3.8, 4) is 0 Å². The Morgan fingerprint density at radius 2 is 1.44 bits per heavy atom. The standard InChI is InChI=1S/C37H30S2/c1-3-12-25(13-4-1)27-22-23-31-35(24-27)39-36-28(26-14-5-2-6-15-26)16-11-19-32(36)37(31)29-17-7-9-20-33(29)38-34-21-10-8-18-30(34)37/h1-12,14-25,31-32,35-36H,13H2. The summed E-state index contributed by atoms with van der Waals surface area (Å²) in [5.74, 6) is 1.20. The van der Waals surface area contributed by atoms with Gasteiger partial charge in [-0.1, -0.05) is 139 Å². The summed E-state index contributed by atoms with van der Waals surface area (Å²) in [6, 6.07) is 29.6. The van der Waals surface area contributed by atoms with Crippen LogP contribution in [-0.2, 0) is 5.41 Å². The minimum absolute atomic E-state index is 0.134. The molecule has 0 N–H and O–H groups in total. The van der Waals surface area contributed by atoms with E-state index in [1.807, 2.05) is 11.8 Å². The Bertz CT molecular complexity index is 1570. The summed E-state index contributed by atoms with van der Waals surface area (Å²) in [5.41, 5.74) is 7.15.